The normalized spacial score (nSPS) is 10.8. The number of amides is 1. The van der Waals surface area contributed by atoms with Gasteiger partial charge in [0.25, 0.3) is 5.91 Å². The van der Waals surface area contributed by atoms with Gasteiger partial charge in [0.2, 0.25) is 0 Å². The molecule has 4 aromatic rings. The molecule has 1 aromatic carbocycles. The fourth-order valence-electron chi connectivity index (χ4n) is 2.55. The van der Waals surface area contributed by atoms with Crippen molar-refractivity contribution in [2.75, 3.05) is 5.32 Å². The summed E-state index contributed by atoms with van der Waals surface area (Å²) in [5.74, 6) is -1.69. The highest BCUT2D eigenvalue weighted by atomic mass is 32.1. The molecule has 4 rings (SSSR count). The Balaban J connectivity index is 1.63. The molecule has 0 saturated heterocycles. The zero-order valence-corrected chi connectivity index (χ0v) is 13.9. The van der Waals surface area contributed by atoms with Crippen LogP contribution in [0.25, 0.3) is 22.4 Å². The standard InChI is InChI=1S/C17H11N5O3S/c23-15(9-3-1-2-4-10(9)16(24)25)22-17-21-12(7-26-17)13-11-5-6-18-14(11)20-8-19-13/h1-8H,(H,24,25)(H,18,19,20)(H,21,22,23). The van der Waals surface area contributed by atoms with Crippen molar-refractivity contribution in [3.05, 3.63) is 59.4 Å². The SMILES string of the molecule is O=C(O)c1ccccc1C(=O)Nc1nc(-c2ncnc3[nH]ccc23)cs1. The van der Waals surface area contributed by atoms with Gasteiger partial charge >= 0.3 is 5.97 Å². The minimum Gasteiger partial charge on any atom is -0.478 e. The Hall–Kier alpha value is -3.59. The first-order valence-electron chi connectivity index (χ1n) is 7.51. The third-order valence-corrected chi connectivity index (χ3v) is 4.48. The molecule has 0 saturated carbocycles. The van der Waals surface area contributed by atoms with Crippen LogP contribution in [0.2, 0.25) is 0 Å². The molecule has 0 aliphatic rings. The number of nitrogens with one attached hydrogen (secondary N) is 2. The smallest absolute Gasteiger partial charge is 0.336 e. The molecule has 0 atom stereocenters. The van der Waals surface area contributed by atoms with Gasteiger partial charge in [-0.1, -0.05) is 12.1 Å². The fourth-order valence-corrected chi connectivity index (χ4v) is 3.24. The van der Waals surface area contributed by atoms with E-state index in [1.807, 2.05) is 6.07 Å². The molecule has 1 amide bonds. The molecule has 0 fully saturated rings. The zero-order valence-electron chi connectivity index (χ0n) is 13.1. The summed E-state index contributed by atoms with van der Waals surface area (Å²) in [4.78, 5) is 39.5. The number of rotatable bonds is 4. The van der Waals surface area contributed by atoms with E-state index in [4.69, 9.17) is 0 Å². The number of thiazole rings is 1. The molecular formula is C17H11N5O3S. The predicted octanol–water partition coefficient (Wildman–Crippen LogP) is 3.03. The largest absolute Gasteiger partial charge is 0.478 e. The third kappa shape index (κ3) is 2.80. The summed E-state index contributed by atoms with van der Waals surface area (Å²) in [5, 5.41) is 14.8. The van der Waals surface area contributed by atoms with E-state index < -0.39 is 11.9 Å². The number of nitrogens with zero attached hydrogens (tertiary/aromatic N) is 3. The van der Waals surface area contributed by atoms with Crippen molar-refractivity contribution in [1.29, 1.82) is 0 Å². The number of hydrogen-bond donors (Lipinski definition) is 3. The van der Waals surface area contributed by atoms with Crippen molar-refractivity contribution < 1.29 is 14.7 Å². The molecule has 128 valence electrons. The average molecular weight is 365 g/mol. The number of aromatic amines is 1. The van der Waals surface area contributed by atoms with Crippen molar-refractivity contribution in [2.24, 2.45) is 0 Å². The van der Waals surface area contributed by atoms with Crippen LogP contribution in [0, 0.1) is 0 Å². The van der Waals surface area contributed by atoms with E-state index in [2.05, 4.69) is 25.3 Å². The molecule has 0 aliphatic carbocycles. The van der Waals surface area contributed by atoms with Crippen LogP contribution < -0.4 is 5.32 Å². The van der Waals surface area contributed by atoms with Crippen LogP contribution in [-0.2, 0) is 0 Å². The van der Waals surface area contributed by atoms with Crippen molar-refractivity contribution >= 4 is 39.4 Å². The number of benzene rings is 1. The topological polar surface area (TPSA) is 121 Å². The van der Waals surface area contributed by atoms with Gasteiger partial charge in [-0.3, -0.25) is 10.1 Å². The summed E-state index contributed by atoms with van der Waals surface area (Å²) >= 11 is 1.23. The molecule has 26 heavy (non-hydrogen) atoms. The Labute approximate surface area is 150 Å². The van der Waals surface area contributed by atoms with E-state index >= 15 is 0 Å². The zero-order chi connectivity index (χ0) is 18.1. The van der Waals surface area contributed by atoms with E-state index in [-0.39, 0.29) is 11.1 Å². The first-order valence-corrected chi connectivity index (χ1v) is 8.39. The van der Waals surface area contributed by atoms with Gasteiger partial charge in [0.1, 0.15) is 23.4 Å². The Bertz CT molecular complexity index is 1130. The number of carbonyl (C=O) groups excluding carboxylic acids is 1. The molecule has 3 heterocycles. The predicted molar refractivity (Wildman–Crippen MR) is 96.4 cm³/mol. The molecule has 3 aromatic heterocycles. The average Bonchev–Trinajstić information content (AvgIpc) is 3.30. The van der Waals surface area contributed by atoms with Crippen LogP contribution in [0.3, 0.4) is 0 Å². The highest BCUT2D eigenvalue weighted by Crippen LogP contribution is 2.28. The molecule has 0 bridgehead atoms. The first-order chi connectivity index (χ1) is 12.6. The Morgan fingerprint density at radius 2 is 1.92 bits per heavy atom. The van der Waals surface area contributed by atoms with Crippen LogP contribution >= 0.6 is 11.3 Å². The molecular weight excluding hydrogens is 354 g/mol. The number of carboxylic acid groups (broad SMARTS) is 1. The second-order valence-corrected chi connectivity index (χ2v) is 6.16. The van der Waals surface area contributed by atoms with Crippen molar-refractivity contribution in [1.82, 2.24) is 19.9 Å². The highest BCUT2D eigenvalue weighted by molar-refractivity contribution is 7.14. The number of fused-ring (bicyclic) bond motifs is 1. The monoisotopic (exact) mass is 365 g/mol. The lowest BCUT2D eigenvalue weighted by Gasteiger charge is -2.05. The van der Waals surface area contributed by atoms with E-state index in [0.717, 1.165) is 5.39 Å². The van der Waals surface area contributed by atoms with Gasteiger partial charge in [-0.2, -0.15) is 0 Å². The lowest BCUT2D eigenvalue weighted by atomic mass is 10.1. The number of anilines is 1. The van der Waals surface area contributed by atoms with E-state index in [9.17, 15) is 14.7 Å². The van der Waals surface area contributed by atoms with Crippen LogP contribution in [-0.4, -0.2) is 36.9 Å². The quantitative estimate of drug-likeness (QED) is 0.511. The number of aromatic nitrogens is 4. The third-order valence-electron chi connectivity index (χ3n) is 3.72. The molecule has 8 nitrogen and oxygen atoms in total. The van der Waals surface area contributed by atoms with Gasteiger partial charge in [0, 0.05) is 17.0 Å². The summed E-state index contributed by atoms with van der Waals surface area (Å²) in [6, 6.07) is 7.87. The van der Waals surface area contributed by atoms with Gasteiger partial charge in [-0.25, -0.2) is 19.7 Å². The van der Waals surface area contributed by atoms with E-state index in [1.54, 1.807) is 23.7 Å². The van der Waals surface area contributed by atoms with Crippen molar-refractivity contribution in [2.45, 2.75) is 0 Å². The molecule has 9 heteroatoms. The minimum absolute atomic E-state index is 0.0633. The molecule has 0 radical (unpaired) electrons. The van der Waals surface area contributed by atoms with E-state index in [0.29, 0.717) is 22.2 Å². The molecule has 0 unspecified atom stereocenters. The Kier molecular flexibility index (Phi) is 3.90. The molecule has 0 spiro atoms. The number of carboxylic acids is 1. The second kappa shape index (κ2) is 6.37. The lowest BCUT2D eigenvalue weighted by Crippen LogP contribution is -2.16. The van der Waals surface area contributed by atoms with Crippen LogP contribution in [0.5, 0.6) is 0 Å². The minimum atomic E-state index is -1.16. The maximum atomic E-state index is 12.4. The summed E-state index contributed by atoms with van der Waals surface area (Å²) in [6.07, 6.45) is 3.20. The second-order valence-electron chi connectivity index (χ2n) is 5.30. The Morgan fingerprint density at radius 1 is 1.12 bits per heavy atom. The van der Waals surface area contributed by atoms with Crippen LogP contribution in [0.4, 0.5) is 5.13 Å². The number of carbonyl (C=O) groups is 2. The Morgan fingerprint density at radius 3 is 2.73 bits per heavy atom. The van der Waals surface area contributed by atoms with Gasteiger partial charge < -0.3 is 10.1 Å². The van der Waals surface area contributed by atoms with Gasteiger partial charge in [-0.05, 0) is 18.2 Å². The van der Waals surface area contributed by atoms with Crippen LogP contribution in [0.1, 0.15) is 20.7 Å². The maximum absolute atomic E-state index is 12.4. The van der Waals surface area contributed by atoms with E-state index in [1.165, 1.54) is 29.8 Å². The highest BCUT2D eigenvalue weighted by Gasteiger charge is 2.18. The summed E-state index contributed by atoms with van der Waals surface area (Å²) in [6.45, 7) is 0. The van der Waals surface area contributed by atoms with Crippen molar-refractivity contribution in [3.8, 4) is 11.4 Å². The van der Waals surface area contributed by atoms with Gasteiger partial charge in [-0.15, -0.1) is 11.3 Å². The maximum Gasteiger partial charge on any atom is 0.336 e. The van der Waals surface area contributed by atoms with Crippen molar-refractivity contribution in [3.63, 3.8) is 0 Å². The van der Waals surface area contributed by atoms with Gasteiger partial charge in [0.05, 0.1) is 11.1 Å². The fraction of sp³-hybridized carbons (Fsp3) is 0. The summed E-state index contributed by atoms with van der Waals surface area (Å²) < 4.78 is 0. The lowest BCUT2D eigenvalue weighted by molar-refractivity contribution is 0.0692. The number of aromatic carboxylic acids is 1. The molecule has 3 N–H and O–H groups in total. The number of H-pyrrole nitrogens is 1. The van der Waals surface area contributed by atoms with Crippen LogP contribution in [0.15, 0.2) is 48.2 Å². The number of hydrogen-bond acceptors (Lipinski definition) is 6. The molecule has 0 aliphatic heterocycles. The first kappa shape index (κ1) is 15.9. The van der Waals surface area contributed by atoms with Gasteiger partial charge in [0.15, 0.2) is 5.13 Å². The summed E-state index contributed by atoms with van der Waals surface area (Å²) in [7, 11) is 0. The summed E-state index contributed by atoms with van der Waals surface area (Å²) in [5.41, 5.74) is 1.96.